The third-order valence-electron chi connectivity index (χ3n) is 1.86. The van der Waals surface area contributed by atoms with E-state index in [9.17, 15) is 0 Å². The third-order valence-corrected chi connectivity index (χ3v) is 1.86. The van der Waals surface area contributed by atoms with Crippen LogP contribution in [-0.4, -0.2) is 13.5 Å². The van der Waals surface area contributed by atoms with Gasteiger partial charge in [0.2, 0.25) is 0 Å². The molecule has 1 rings (SSSR count). The minimum Gasteiger partial charge on any atom is -0.436 e. The average Bonchev–Trinajstić information content (AvgIpc) is 2.34. The summed E-state index contributed by atoms with van der Waals surface area (Å²) in [6, 6.07) is 0. The molecule has 1 saturated heterocycles. The van der Waals surface area contributed by atoms with Gasteiger partial charge in [-0.2, -0.15) is 0 Å². The van der Waals surface area contributed by atoms with Crippen LogP contribution < -0.4 is 0 Å². The van der Waals surface area contributed by atoms with E-state index in [0.717, 1.165) is 13.0 Å². The number of hydrogen-bond acceptors (Lipinski definition) is 1. The zero-order valence-electron chi connectivity index (χ0n) is 6.23. The van der Waals surface area contributed by atoms with E-state index in [1.54, 1.807) is 0 Å². The molecule has 0 saturated carbocycles. The SMILES string of the molecule is CCCOB1CCCC1. The summed E-state index contributed by atoms with van der Waals surface area (Å²) >= 11 is 0. The predicted octanol–water partition coefficient (Wildman–Crippen LogP) is 2.20. The highest BCUT2D eigenvalue weighted by atomic mass is 16.4. The van der Waals surface area contributed by atoms with Gasteiger partial charge in [-0.25, -0.2) is 0 Å². The Bertz CT molecular complexity index is 69.3. The van der Waals surface area contributed by atoms with Crippen molar-refractivity contribution in [3.63, 3.8) is 0 Å². The standard InChI is InChI=1S/C7H15BO/c1-2-7-9-8-5-3-4-6-8/h2-7H2,1H3. The van der Waals surface area contributed by atoms with Crippen LogP contribution in [0.15, 0.2) is 0 Å². The Morgan fingerprint density at radius 2 is 2.00 bits per heavy atom. The van der Waals surface area contributed by atoms with Crippen molar-refractivity contribution < 1.29 is 4.65 Å². The second-order valence-electron chi connectivity index (χ2n) is 2.78. The van der Waals surface area contributed by atoms with Gasteiger partial charge >= 0.3 is 0 Å². The molecule has 0 aromatic heterocycles. The van der Waals surface area contributed by atoms with E-state index in [1.165, 1.54) is 25.5 Å². The van der Waals surface area contributed by atoms with Crippen molar-refractivity contribution in [2.75, 3.05) is 6.61 Å². The molecule has 52 valence electrons. The number of rotatable bonds is 3. The van der Waals surface area contributed by atoms with Crippen molar-refractivity contribution in [3.05, 3.63) is 0 Å². The normalized spacial score (nSPS) is 19.0. The molecule has 0 spiro atoms. The molecule has 0 bridgehead atoms. The Hall–Kier alpha value is 0.0249. The van der Waals surface area contributed by atoms with Crippen molar-refractivity contribution in [1.29, 1.82) is 0 Å². The summed E-state index contributed by atoms with van der Waals surface area (Å²) < 4.78 is 5.55. The summed E-state index contributed by atoms with van der Waals surface area (Å²) in [4.78, 5) is 0. The quantitative estimate of drug-likeness (QED) is 0.526. The molecule has 1 nitrogen and oxygen atoms in total. The van der Waals surface area contributed by atoms with Gasteiger partial charge in [-0.15, -0.1) is 0 Å². The first-order valence-corrected chi connectivity index (χ1v) is 4.05. The largest absolute Gasteiger partial charge is 0.436 e. The van der Waals surface area contributed by atoms with Crippen molar-refractivity contribution in [1.82, 2.24) is 0 Å². The molecule has 0 aromatic rings. The summed E-state index contributed by atoms with van der Waals surface area (Å²) in [5.74, 6) is 0. The van der Waals surface area contributed by atoms with E-state index in [0.29, 0.717) is 6.92 Å². The number of hydrogen-bond donors (Lipinski definition) is 0. The first-order valence-electron chi connectivity index (χ1n) is 4.05. The first-order chi connectivity index (χ1) is 4.43. The molecule has 2 heteroatoms. The lowest BCUT2D eigenvalue weighted by Crippen LogP contribution is -2.12. The summed E-state index contributed by atoms with van der Waals surface area (Å²) in [5, 5.41) is 0. The fourth-order valence-corrected chi connectivity index (χ4v) is 1.34. The highest BCUT2D eigenvalue weighted by molar-refractivity contribution is 6.52. The molecule has 0 atom stereocenters. The highest BCUT2D eigenvalue weighted by Gasteiger charge is 2.19. The molecule has 0 aliphatic carbocycles. The van der Waals surface area contributed by atoms with Crippen LogP contribution in [0.4, 0.5) is 0 Å². The van der Waals surface area contributed by atoms with Gasteiger partial charge in [-0.05, 0) is 19.1 Å². The molecule has 0 aromatic carbocycles. The molecule has 1 aliphatic heterocycles. The van der Waals surface area contributed by atoms with Crippen LogP contribution in [0, 0.1) is 0 Å². The highest BCUT2D eigenvalue weighted by Crippen LogP contribution is 2.19. The third kappa shape index (κ3) is 2.40. The lowest BCUT2D eigenvalue weighted by atomic mass is 9.66. The monoisotopic (exact) mass is 126 g/mol. The van der Waals surface area contributed by atoms with Crippen LogP contribution in [-0.2, 0) is 4.65 Å². The molecule has 0 amide bonds. The van der Waals surface area contributed by atoms with Crippen LogP contribution in [0.3, 0.4) is 0 Å². The fourth-order valence-electron chi connectivity index (χ4n) is 1.34. The van der Waals surface area contributed by atoms with Crippen molar-refractivity contribution in [2.24, 2.45) is 0 Å². The van der Waals surface area contributed by atoms with E-state index >= 15 is 0 Å². The zero-order chi connectivity index (χ0) is 6.53. The lowest BCUT2D eigenvalue weighted by molar-refractivity contribution is 0.321. The zero-order valence-corrected chi connectivity index (χ0v) is 6.23. The summed E-state index contributed by atoms with van der Waals surface area (Å²) in [7, 11) is 0. The van der Waals surface area contributed by atoms with E-state index in [4.69, 9.17) is 4.65 Å². The van der Waals surface area contributed by atoms with Crippen LogP contribution in [0.1, 0.15) is 26.2 Å². The minimum absolute atomic E-state index is 0.616. The van der Waals surface area contributed by atoms with Gasteiger partial charge in [0.25, 0.3) is 6.92 Å². The van der Waals surface area contributed by atoms with Gasteiger partial charge in [0.1, 0.15) is 0 Å². The Morgan fingerprint density at radius 3 is 2.56 bits per heavy atom. The second-order valence-corrected chi connectivity index (χ2v) is 2.78. The Kier molecular flexibility index (Phi) is 3.12. The molecule has 1 fully saturated rings. The molecule has 0 radical (unpaired) electrons. The summed E-state index contributed by atoms with van der Waals surface area (Å²) in [6.07, 6.45) is 6.54. The first kappa shape index (κ1) is 7.14. The van der Waals surface area contributed by atoms with Crippen LogP contribution in [0.2, 0.25) is 12.6 Å². The van der Waals surface area contributed by atoms with E-state index in [1.807, 2.05) is 0 Å². The van der Waals surface area contributed by atoms with Gasteiger partial charge in [-0.3, -0.25) is 0 Å². The topological polar surface area (TPSA) is 9.23 Å². The van der Waals surface area contributed by atoms with Gasteiger partial charge in [-0.1, -0.05) is 19.8 Å². The smallest absolute Gasteiger partial charge is 0.293 e. The lowest BCUT2D eigenvalue weighted by Gasteiger charge is -2.04. The second kappa shape index (κ2) is 3.94. The molecule has 0 N–H and O–H groups in total. The average molecular weight is 126 g/mol. The van der Waals surface area contributed by atoms with Gasteiger partial charge in [0.15, 0.2) is 0 Å². The van der Waals surface area contributed by atoms with Crippen molar-refractivity contribution in [2.45, 2.75) is 38.8 Å². The van der Waals surface area contributed by atoms with Crippen LogP contribution in [0.25, 0.3) is 0 Å². The Labute approximate surface area is 57.9 Å². The molecule has 0 unspecified atom stereocenters. The van der Waals surface area contributed by atoms with E-state index in [-0.39, 0.29) is 0 Å². The van der Waals surface area contributed by atoms with Crippen molar-refractivity contribution >= 4 is 6.92 Å². The summed E-state index contributed by atoms with van der Waals surface area (Å²) in [6.45, 7) is 3.74. The van der Waals surface area contributed by atoms with E-state index in [2.05, 4.69) is 6.92 Å². The van der Waals surface area contributed by atoms with Crippen molar-refractivity contribution in [3.8, 4) is 0 Å². The Balaban J connectivity index is 1.98. The van der Waals surface area contributed by atoms with Gasteiger partial charge < -0.3 is 4.65 Å². The molecular weight excluding hydrogens is 111 g/mol. The predicted molar refractivity (Wildman–Crippen MR) is 40.8 cm³/mol. The molecule has 1 heterocycles. The van der Waals surface area contributed by atoms with Crippen LogP contribution in [0.5, 0.6) is 0 Å². The van der Waals surface area contributed by atoms with Gasteiger partial charge in [0, 0.05) is 6.61 Å². The van der Waals surface area contributed by atoms with Crippen LogP contribution >= 0.6 is 0 Å². The Morgan fingerprint density at radius 1 is 1.33 bits per heavy atom. The minimum atomic E-state index is 0.616. The maximum absolute atomic E-state index is 5.55. The van der Waals surface area contributed by atoms with Gasteiger partial charge in [0.05, 0.1) is 0 Å². The molecule has 9 heavy (non-hydrogen) atoms. The van der Waals surface area contributed by atoms with E-state index < -0.39 is 0 Å². The molecule has 1 aliphatic rings. The maximum atomic E-state index is 5.55. The fraction of sp³-hybridized carbons (Fsp3) is 1.00. The maximum Gasteiger partial charge on any atom is 0.293 e. The summed E-state index contributed by atoms with van der Waals surface area (Å²) in [5.41, 5.74) is 0. The molecular formula is C7H15BO.